The molecular weight excluding hydrogens is 424 g/mol. The highest BCUT2D eigenvalue weighted by atomic mass is 16.5. The minimum atomic E-state index is -0.323. The molecular formula is C22H28N8O3. The fraction of sp³-hybridized carbons (Fsp3) is 0.409. The summed E-state index contributed by atoms with van der Waals surface area (Å²) in [6.45, 7) is 5.98. The van der Waals surface area contributed by atoms with Gasteiger partial charge in [-0.3, -0.25) is 15.0 Å². The number of pyridine rings is 2. The van der Waals surface area contributed by atoms with Crippen molar-refractivity contribution in [3.63, 3.8) is 0 Å². The van der Waals surface area contributed by atoms with E-state index in [1.54, 1.807) is 12.1 Å². The van der Waals surface area contributed by atoms with Crippen LogP contribution in [0.4, 0.5) is 16.3 Å². The zero-order valence-corrected chi connectivity index (χ0v) is 19.0. The molecule has 1 fully saturated rings. The number of amides is 3. The van der Waals surface area contributed by atoms with E-state index in [0.717, 1.165) is 24.3 Å². The maximum absolute atomic E-state index is 11.8. The summed E-state index contributed by atoms with van der Waals surface area (Å²) in [5.74, 6) is 0.533. The zero-order valence-electron chi connectivity index (χ0n) is 19.0. The van der Waals surface area contributed by atoms with E-state index in [4.69, 9.17) is 4.74 Å². The lowest BCUT2D eigenvalue weighted by atomic mass is 10.2. The van der Waals surface area contributed by atoms with Crippen molar-refractivity contribution in [3.05, 3.63) is 41.2 Å². The van der Waals surface area contributed by atoms with Crippen molar-refractivity contribution in [3.8, 4) is 11.9 Å². The second-order valence-corrected chi connectivity index (χ2v) is 7.41. The van der Waals surface area contributed by atoms with Gasteiger partial charge in [0.15, 0.2) is 5.69 Å². The lowest BCUT2D eigenvalue weighted by molar-refractivity contribution is 0.0958. The monoisotopic (exact) mass is 452 g/mol. The maximum atomic E-state index is 11.8. The van der Waals surface area contributed by atoms with Crippen molar-refractivity contribution < 1.29 is 14.3 Å². The van der Waals surface area contributed by atoms with Crippen molar-refractivity contribution in [2.24, 2.45) is 0 Å². The summed E-state index contributed by atoms with van der Waals surface area (Å²) in [5, 5.41) is 17.4. The van der Waals surface area contributed by atoms with Gasteiger partial charge in [0, 0.05) is 52.4 Å². The van der Waals surface area contributed by atoms with Crippen LogP contribution in [-0.2, 0) is 6.54 Å². The summed E-state index contributed by atoms with van der Waals surface area (Å²) >= 11 is 0. The van der Waals surface area contributed by atoms with Gasteiger partial charge in [0.25, 0.3) is 5.91 Å². The number of nitrogens with zero attached hydrogens (tertiary/aromatic N) is 5. The average Bonchev–Trinajstić information content (AvgIpc) is 2.83. The molecule has 11 nitrogen and oxygen atoms in total. The number of hydrogen-bond donors (Lipinski definition) is 3. The van der Waals surface area contributed by atoms with Gasteiger partial charge in [-0.25, -0.2) is 9.78 Å². The number of aromatic nitrogens is 2. The molecule has 0 aromatic carbocycles. The predicted octanol–water partition coefficient (Wildman–Crippen LogP) is 1.18. The van der Waals surface area contributed by atoms with E-state index in [1.807, 2.05) is 19.1 Å². The van der Waals surface area contributed by atoms with E-state index in [-0.39, 0.29) is 23.3 Å². The molecule has 11 heteroatoms. The molecule has 0 aliphatic carbocycles. The molecule has 3 N–H and O–H groups in total. The number of piperazine rings is 1. The average molecular weight is 453 g/mol. The first-order valence-electron chi connectivity index (χ1n) is 10.7. The van der Waals surface area contributed by atoms with Gasteiger partial charge in [-0.05, 0) is 30.7 Å². The van der Waals surface area contributed by atoms with Crippen LogP contribution in [0, 0.1) is 11.3 Å². The first-order chi connectivity index (χ1) is 16.0. The molecule has 33 heavy (non-hydrogen) atoms. The number of carbonyl (C=O) groups excluding carboxylic acids is 2. The minimum Gasteiger partial charge on any atom is -0.481 e. The van der Waals surface area contributed by atoms with Crippen LogP contribution in [0.5, 0.6) is 5.88 Å². The third-order valence-corrected chi connectivity index (χ3v) is 5.21. The molecule has 1 saturated heterocycles. The highest BCUT2D eigenvalue weighted by molar-refractivity contribution is 5.92. The van der Waals surface area contributed by atoms with E-state index < -0.39 is 0 Å². The molecule has 0 atom stereocenters. The molecule has 3 rings (SSSR count). The molecule has 2 aromatic rings. The standard InChI is InChI=1S/C22H28N8O3/c1-4-25-22(32)28-19-11-15(12-20(27-19)33-3)14-29-7-9-30(10-8-29)18-6-5-16(21(31)24-2)26-17(18)13-23/h5-6,11-12H,4,7-10,14H2,1-3H3,(H,24,31)(H2,25,27,28,32). The summed E-state index contributed by atoms with van der Waals surface area (Å²) < 4.78 is 5.29. The first-order valence-corrected chi connectivity index (χ1v) is 10.7. The number of hydrogen-bond acceptors (Lipinski definition) is 8. The summed E-state index contributed by atoms with van der Waals surface area (Å²) in [6, 6.07) is 8.88. The Balaban J connectivity index is 1.65. The van der Waals surface area contributed by atoms with Crippen molar-refractivity contribution in [2.75, 3.05) is 57.1 Å². The van der Waals surface area contributed by atoms with Crippen LogP contribution in [0.3, 0.4) is 0 Å². The van der Waals surface area contributed by atoms with E-state index in [2.05, 4.69) is 41.8 Å². The molecule has 2 aromatic heterocycles. The quantitative estimate of drug-likeness (QED) is 0.570. The lowest BCUT2D eigenvalue weighted by Gasteiger charge is -2.36. The summed E-state index contributed by atoms with van der Waals surface area (Å²) in [4.78, 5) is 36.5. The van der Waals surface area contributed by atoms with Crippen LogP contribution >= 0.6 is 0 Å². The molecule has 3 heterocycles. The Kier molecular flexibility index (Phi) is 7.99. The van der Waals surface area contributed by atoms with Crippen molar-refractivity contribution in [2.45, 2.75) is 13.5 Å². The number of rotatable bonds is 7. The van der Waals surface area contributed by atoms with Crippen molar-refractivity contribution >= 4 is 23.4 Å². The predicted molar refractivity (Wildman–Crippen MR) is 123 cm³/mol. The van der Waals surface area contributed by atoms with Gasteiger partial charge >= 0.3 is 6.03 Å². The molecule has 1 aliphatic rings. The highest BCUT2D eigenvalue weighted by Gasteiger charge is 2.21. The van der Waals surface area contributed by atoms with Crippen LogP contribution in [-0.4, -0.2) is 73.7 Å². The third-order valence-electron chi connectivity index (χ3n) is 5.21. The normalized spacial score (nSPS) is 13.7. The number of urea groups is 1. The molecule has 0 radical (unpaired) electrons. The van der Waals surface area contributed by atoms with Crippen LogP contribution in [0.15, 0.2) is 24.3 Å². The molecule has 0 unspecified atom stereocenters. The van der Waals surface area contributed by atoms with Crippen molar-refractivity contribution in [1.29, 1.82) is 5.26 Å². The number of nitriles is 1. The molecule has 0 saturated carbocycles. The zero-order chi connectivity index (χ0) is 23.8. The van der Waals surface area contributed by atoms with Crippen LogP contribution in [0.25, 0.3) is 0 Å². The van der Waals surface area contributed by atoms with E-state index in [0.29, 0.717) is 37.9 Å². The van der Waals surface area contributed by atoms with Gasteiger partial charge in [-0.1, -0.05) is 0 Å². The Bertz CT molecular complexity index is 1040. The van der Waals surface area contributed by atoms with Crippen molar-refractivity contribution in [1.82, 2.24) is 25.5 Å². The van der Waals surface area contributed by atoms with Gasteiger partial charge in [0.2, 0.25) is 5.88 Å². The number of ether oxygens (including phenoxy) is 1. The molecule has 0 spiro atoms. The Morgan fingerprint density at radius 3 is 2.58 bits per heavy atom. The Morgan fingerprint density at radius 2 is 1.94 bits per heavy atom. The van der Waals surface area contributed by atoms with E-state index in [9.17, 15) is 14.9 Å². The lowest BCUT2D eigenvalue weighted by Crippen LogP contribution is -2.46. The van der Waals surface area contributed by atoms with Gasteiger partial charge in [-0.15, -0.1) is 0 Å². The van der Waals surface area contributed by atoms with E-state index >= 15 is 0 Å². The minimum absolute atomic E-state index is 0.222. The summed E-state index contributed by atoms with van der Waals surface area (Å²) in [7, 11) is 3.07. The number of nitrogens with one attached hydrogen (secondary N) is 3. The summed E-state index contributed by atoms with van der Waals surface area (Å²) in [6.07, 6.45) is 0. The fourth-order valence-electron chi connectivity index (χ4n) is 3.59. The van der Waals surface area contributed by atoms with Gasteiger partial charge in [0.05, 0.1) is 12.8 Å². The molecule has 1 aliphatic heterocycles. The molecule has 0 bridgehead atoms. The largest absolute Gasteiger partial charge is 0.481 e. The molecule has 3 amide bonds. The summed E-state index contributed by atoms with van der Waals surface area (Å²) in [5.41, 5.74) is 2.16. The second-order valence-electron chi connectivity index (χ2n) is 7.41. The SMILES string of the molecule is CCNC(=O)Nc1cc(CN2CCN(c3ccc(C(=O)NC)nc3C#N)CC2)cc(OC)n1. The maximum Gasteiger partial charge on any atom is 0.320 e. The number of carbonyl (C=O) groups is 2. The van der Waals surface area contributed by atoms with E-state index in [1.165, 1.54) is 14.2 Å². The topological polar surface area (TPSA) is 136 Å². The Labute approximate surface area is 192 Å². The first kappa shape index (κ1) is 23.7. The van der Waals surface area contributed by atoms with Crippen LogP contribution < -0.4 is 25.6 Å². The van der Waals surface area contributed by atoms with Gasteiger partial charge in [0.1, 0.15) is 17.6 Å². The van der Waals surface area contributed by atoms with Gasteiger partial charge < -0.3 is 20.3 Å². The second kappa shape index (κ2) is 11.1. The Morgan fingerprint density at radius 1 is 1.18 bits per heavy atom. The van der Waals surface area contributed by atoms with Gasteiger partial charge in [-0.2, -0.15) is 10.2 Å². The third kappa shape index (κ3) is 6.08. The highest BCUT2D eigenvalue weighted by Crippen LogP contribution is 2.22. The number of anilines is 2. The number of methoxy groups -OCH3 is 1. The Hall–Kier alpha value is -3.91. The van der Waals surface area contributed by atoms with Crippen LogP contribution in [0.2, 0.25) is 0 Å². The smallest absolute Gasteiger partial charge is 0.320 e. The molecule has 174 valence electrons. The van der Waals surface area contributed by atoms with Crippen LogP contribution in [0.1, 0.15) is 28.7 Å². The fourth-order valence-corrected chi connectivity index (χ4v) is 3.59.